The zero-order valence-electron chi connectivity index (χ0n) is 12.4. The fraction of sp³-hybridized carbons (Fsp3) is 0.143. The summed E-state index contributed by atoms with van der Waals surface area (Å²) in [5.41, 5.74) is 10.3. The summed E-state index contributed by atoms with van der Waals surface area (Å²) in [6.45, 7) is 0. The van der Waals surface area contributed by atoms with Gasteiger partial charge in [0.15, 0.2) is 0 Å². The van der Waals surface area contributed by atoms with Crippen LogP contribution in [0, 0.1) is 0 Å². The zero-order chi connectivity index (χ0) is 15.0. The van der Waals surface area contributed by atoms with Crippen molar-refractivity contribution in [2.45, 2.75) is 17.4 Å². The lowest BCUT2D eigenvalue weighted by molar-refractivity contribution is 0.622. The number of nitrogens with two attached hydrogens (primary N) is 1. The van der Waals surface area contributed by atoms with E-state index in [0.29, 0.717) is 0 Å². The van der Waals surface area contributed by atoms with E-state index in [-0.39, 0.29) is 11.0 Å². The molecule has 0 amide bonds. The van der Waals surface area contributed by atoms with Gasteiger partial charge in [-0.1, -0.05) is 91.0 Å². The molecule has 22 heavy (non-hydrogen) atoms. The Balaban J connectivity index is 1.91. The van der Waals surface area contributed by atoms with E-state index in [1.807, 2.05) is 6.07 Å². The van der Waals surface area contributed by atoms with Crippen LogP contribution in [-0.4, -0.2) is 0 Å². The molecule has 0 bridgehead atoms. The van der Waals surface area contributed by atoms with Gasteiger partial charge in [-0.15, -0.1) is 0 Å². The van der Waals surface area contributed by atoms with Gasteiger partial charge < -0.3 is 5.73 Å². The Labute approximate surface area is 131 Å². The minimum Gasteiger partial charge on any atom is -0.320 e. The van der Waals surface area contributed by atoms with Crippen LogP contribution in [0.4, 0.5) is 0 Å². The molecule has 1 fully saturated rings. The smallest absolute Gasteiger partial charge is 0.0562 e. The van der Waals surface area contributed by atoms with E-state index in [1.165, 1.54) is 16.7 Å². The predicted octanol–water partition coefficient (Wildman–Crippen LogP) is 4.23. The highest BCUT2D eigenvalue weighted by molar-refractivity contribution is 5.57. The van der Waals surface area contributed by atoms with Crippen molar-refractivity contribution in [3.63, 3.8) is 0 Å². The van der Waals surface area contributed by atoms with Crippen molar-refractivity contribution >= 4 is 0 Å². The highest BCUT2D eigenvalue weighted by Crippen LogP contribution is 2.65. The highest BCUT2D eigenvalue weighted by Gasteiger charge is 2.67. The SMILES string of the molecule is NC1(c2ccccc2)CC1(c1ccccc1)c1ccccc1. The van der Waals surface area contributed by atoms with Crippen LogP contribution in [0.15, 0.2) is 91.0 Å². The number of rotatable bonds is 3. The normalized spacial score (nSPS) is 22.2. The summed E-state index contributed by atoms with van der Waals surface area (Å²) >= 11 is 0. The van der Waals surface area contributed by atoms with Crippen LogP contribution in [0.2, 0.25) is 0 Å². The summed E-state index contributed by atoms with van der Waals surface area (Å²) in [7, 11) is 0. The van der Waals surface area contributed by atoms with Crippen molar-refractivity contribution < 1.29 is 0 Å². The molecule has 0 aliphatic heterocycles. The molecule has 1 saturated carbocycles. The minimum absolute atomic E-state index is 0.128. The summed E-state index contributed by atoms with van der Waals surface area (Å²) in [5.74, 6) is 0. The molecule has 1 aliphatic rings. The van der Waals surface area contributed by atoms with Gasteiger partial charge in [0, 0.05) is 5.41 Å². The van der Waals surface area contributed by atoms with Gasteiger partial charge in [-0.05, 0) is 23.1 Å². The summed E-state index contributed by atoms with van der Waals surface area (Å²) in [6, 6.07) is 31.8. The lowest BCUT2D eigenvalue weighted by Crippen LogP contribution is -2.31. The first kappa shape index (κ1) is 13.3. The first-order valence-corrected chi connectivity index (χ1v) is 7.73. The summed E-state index contributed by atoms with van der Waals surface area (Å²) in [5, 5.41) is 0. The van der Waals surface area contributed by atoms with E-state index < -0.39 is 0 Å². The fourth-order valence-electron chi connectivity index (χ4n) is 3.79. The molecule has 3 aromatic rings. The largest absolute Gasteiger partial charge is 0.320 e. The topological polar surface area (TPSA) is 26.0 Å². The van der Waals surface area contributed by atoms with Crippen LogP contribution in [-0.2, 0) is 11.0 Å². The molecule has 0 radical (unpaired) electrons. The Morgan fingerprint density at radius 2 is 0.909 bits per heavy atom. The summed E-state index contributed by atoms with van der Waals surface area (Å²) in [6.07, 6.45) is 0.942. The molecule has 0 heterocycles. The lowest BCUT2D eigenvalue weighted by atomic mass is 9.81. The highest BCUT2D eigenvalue weighted by atomic mass is 14.9. The predicted molar refractivity (Wildman–Crippen MR) is 90.6 cm³/mol. The maximum absolute atomic E-state index is 6.91. The maximum Gasteiger partial charge on any atom is 0.0562 e. The van der Waals surface area contributed by atoms with E-state index in [4.69, 9.17) is 5.73 Å². The van der Waals surface area contributed by atoms with Gasteiger partial charge in [0.2, 0.25) is 0 Å². The molecular formula is C21H19N. The third-order valence-corrected chi connectivity index (χ3v) is 5.00. The molecular weight excluding hydrogens is 266 g/mol. The molecule has 0 spiro atoms. The number of hydrogen-bond acceptors (Lipinski definition) is 1. The van der Waals surface area contributed by atoms with Crippen LogP contribution < -0.4 is 5.73 Å². The van der Waals surface area contributed by atoms with Crippen molar-refractivity contribution in [2.75, 3.05) is 0 Å². The minimum atomic E-state index is -0.336. The van der Waals surface area contributed by atoms with E-state index >= 15 is 0 Å². The third kappa shape index (κ3) is 1.76. The lowest BCUT2D eigenvalue weighted by Gasteiger charge is -2.24. The van der Waals surface area contributed by atoms with Gasteiger partial charge in [0.25, 0.3) is 0 Å². The standard InChI is InChI=1S/C21H19N/c22-21(19-14-8-3-9-15-19)16-20(21,17-10-4-1-5-11-17)18-12-6-2-7-13-18/h1-15H,16,22H2. The van der Waals surface area contributed by atoms with Crippen molar-refractivity contribution in [1.29, 1.82) is 0 Å². The van der Waals surface area contributed by atoms with Gasteiger partial charge in [0.1, 0.15) is 0 Å². The molecule has 2 N–H and O–H groups in total. The van der Waals surface area contributed by atoms with E-state index in [9.17, 15) is 0 Å². The maximum atomic E-state index is 6.91. The molecule has 4 rings (SSSR count). The first-order valence-electron chi connectivity index (χ1n) is 7.73. The van der Waals surface area contributed by atoms with Crippen LogP contribution in [0.3, 0.4) is 0 Å². The van der Waals surface area contributed by atoms with Crippen LogP contribution >= 0.6 is 0 Å². The molecule has 1 unspecified atom stereocenters. The van der Waals surface area contributed by atoms with Gasteiger partial charge in [-0.3, -0.25) is 0 Å². The Bertz CT molecular complexity index is 725. The molecule has 3 aromatic carbocycles. The Kier molecular flexibility index (Phi) is 2.91. The van der Waals surface area contributed by atoms with E-state index in [2.05, 4.69) is 84.9 Å². The molecule has 1 aliphatic carbocycles. The second kappa shape index (κ2) is 4.82. The molecule has 1 nitrogen and oxygen atoms in total. The van der Waals surface area contributed by atoms with Crippen LogP contribution in [0.25, 0.3) is 0 Å². The summed E-state index contributed by atoms with van der Waals surface area (Å²) in [4.78, 5) is 0. The van der Waals surface area contributed by atoms with Gasteiger partial charge >= 0.3 is 0 Å². The molecule has 1 atom stereocenters. The quantitative estimate of drug-likeness (QED) is 0.765. The first-order chi connectivity index (χ1) is 10.8. The molecule has 0 aromatic heterocycles. The van der Waals surface area contributed by atoms with E-state index in [1.54, 1.807) is 0 Å². The number of benzene rings is 3. The van der Waals surface area contributed by atoms with Crippen molar-refractivity contribution in [3.05, 3.63) is 108 Å². The van der Waals surface area contributed by atoms with Crippen molar-refractivity contribution in [3.8, 4) is 0 Å². The Morgan fingerprint density at radius 1 is 0.545 bits per heavy atom. The van der Waals surface area contributed by atoms with E-state index in [0.717, 1.165) is 6.42 Å². The Hall–Kier alpha value is -2.38. The van der Waals surface area contributed by atoms with Crippen molar-refractivity contribution in [1.82, 2.24) is 0 Å². The van der Waals surface area contributed by atoms with Gasteiger partial charge in [-0.2, -0.15) is 0 Å². The number of hydrogen-bond donors (Lipinski definition) is 1. The molecule has 108 valence electrons. The second-order valence-electron chi connectivity index (χ2n) is 6.15. The summed E-state index contributed by atoms with van der Waals surface area (Å²) < 4.78 is 0. The van der Waals surface area contributed by atoms with Gasteiger partial charge in [-0.25, -0.2) is 0 Å². The average Bonchev–Trinajstić information content (AvgIpc) is 3.26. The second-order valence-corrected chi connectivity index (χ2v) is 6.15. The van der Waals surface area contributed by atoms with Crippen molar-refractivity contribution in [2.24, 2.45) is 5.73 Å². The van der Waals surface area contributed by atoms with Crippen LogP contribution in [0.1, 0.15) is 23.1 Å². The monoisotopic (exact) mass is 285 g/mol. The third-order valence-electron chi connectivity index (χ3n) is 5.00. The Morgan fingerprint density at radius 3 is 1.32 bits per heavy atom. The average molecular weight is 285 g/mol. The molecule has 0 saturated heterocycles. The molecule has 1 heteroatoms. The van der Waals surface area contributed by atoms with Crippen LogP contribution in [0.5, 0.6) is 0 Å². The van der Waals surface area contributed by atoms with Gasteiger partial charge in [0.05, 0.1) is 5.54 Å². The zero-order valence-corrected chi connectivity index (χ0v) is 12.4. The fourth-order valence-corrected chi connectivity index (χ4v) is 3.79.